The number of nitrogens with zero attached hydrogens (tertiary/aromatic N) is 2. The number of rotatable bonds is 4. The topological polar surface area (TPSA) is 64.1 Å². The smallest absolute Gasteiger partial charge is 0.252 e. The molecular formula is C20H19N3O2. The standard InChI is InChI=1S/C20H19N3O2/c24-20(17-3-1-5-18-16(17)4-2-8-22-18)23-19-13-25-12-15(19)11-14-6-9-21-10-7-14/h1-10,15,19H,11-13H2,(H,23,24)/t15-,19+/m1/s1. The molecule has 4 rings (SSSR count). The van der Waals surface area contributed by atoms with Crippen molar-refractivity contribution in [3.8, 4) is 0 Å². The Morgan fingerprint density at radius 1 is 1.08 bits per heavy atom. The molecule has 1 aliphatic heterocycles. The van der Waals surface area contributed by atoms with Crippen LogP contribution in [0.3, 0.4) is 0 Å². The van der Waals surface area contributed by atoms with Crippen LogP contribution >= 0.6 is 0 Å². The van der Waals surface area contributed by atoms with Crippen LogP contribution in [0, 0.1) is 5.92 Å². The highest BCUT2D eigenvalue weighted by Crippen LogP contribution is 2.21. The molecule has 5 heteroatoms. The summed E-state index contributed by atoms with van der Waals surface area (Å²) >= 11 is 0. The van der Waals surface area contributed by atoms with E-state index in [9.17, 15) is 4.79 Å². The zero-order valence-corrected chi connectivity index (χ0v) is 13.8. The van der Waals surface area contributed by atoms with Crippen LogP contribution in [-0.2, 0) is 11.2 Å². The van der Waals surface area contributed by atoms with E-state index in [1.807, 2.05) is 42.5 Å². The molecule has 126 valence electrons. The number of carbonyl (C=O) groups is 1. The maximum absolute atomic E-state index is 12.8. The molecule has 25 heavy (non-hydrogen) atoms. The van der Waals surface area contributed by atoms with Crippen molar-refractivity contribution in [1.29, 1.82) is 0 Å². The van der Waals surface area contributed by atoms with E-state index in [-0.39, 0.29) is 17.9 Å². The molecule has 0 aliphatic carbocycles. The molecule has 0 saturated carbocycles. The largest absolute Gasteiger partial charge is 0.379 e. The zero-order chi connectivity index (χ0) is 17.1. The van der Waals surface area contributed by atoms with Crippen LogP contribution in [0.15, 0.2) is 61.1 Å². The molecule has 3 heterocycles. The van der Waals surface area contributed by atoms with Crippen LogP contribution in [0.25, 0.3) is 10.9 Å². The second kappa shape index (κ2) is 6.99. The molecule has 1 amide bonds. The Kier molecular flexibility index (Phi) is 4.39. The van der Waals surface area contributed by atoms with E-state index in [1.165, 1.54) is 5.56 Å². The van der Waals surface area contributed by atoms with Crippen molar-refractivity contribution in [1.82, 2.24) is 15.3 Å². The van der Waals surface area contributed by atoms with E-state index in [0.29, 0.717) is 18.8 Å². The molecule has 1 fully saturated rings. The molecule has 2 atom stereocenters. The first-order valence-corrected chi connectivity index (χ1v) is 8.42. The average Bonchev–Trinajstić information content (AvgIpc) is 3.08. The van der Waals surface area contributed by atoms with Crippen molar-refractivity contribution in [2.75, 3.05) is 13.2 Å². The molecule has 1 aromatic carbocycles. The third-order valence-electron chi connectivity index (χ3n) is 4.65. The number of hydrogen-bond acceptors (Lipinski definition) is 4. The van der Waals surface area contributed by atoms with Gasteiger partial charge in [-0.3, -0.25) is 14.8 Å². The number of nitrogens with one attached hydrogen (secondary N) is 1. The third kappa shape index (κ3) is 3.37. The van der Waals surface area contributed by atoms with Crippen molar-refractivity contribution in [3.63, 3.8) is 0 Å². The minimum atomic E-state index is -0.0752. The number of carbonyl (C=O) groups excluding carboxylic acids is 1. The number of fused-ring (bicyclic) bond motifs is 1. The fourth-order valence-corrected chi connectivity index (χ4v) is 3.33. The summed E-state index contributed by atoms with van der Waals surface area (Å²) < 4.78 is 5.62. The number of benzene rings is 1. The summed E-state index contributed by atoms with van der Waals surface area (Å²) in [5.41, 5.74) is 2.69. The van der Waals surface area contributed by atoms with Gasteiger partial charge in [0.25, 0.3) is 5.91 Å². The fraction of sp³-hybridized carbons (Fsp3) is 0.250. The van der Waals surface area contributed by atoms with E-state index in [4.69, 9.17) is 4.74 Å². The maximum atomic E-state index is 12.8. The predicted molar refractivity (Wildman–Crippen MR) is 95.2 cm³/mol. The fourth-order valence-electron chi connectivity index (χ4n) is 3.33. The summed E-state index contributed by atoms with van der Waals surface area (Å²) in [5, 5.41) is 4.02. The van der Waals surface area contributed by atoms with E-state index < -0.39 is 0 Å². The molecular weight excluding hydrogens is 314 g/mol. The van der Waals surface area contributed by atoms with Crippen molar-refractivity contribution in [2.24, 2.45) is 5.92 Å². The highest BCUT2D eigenvalue weighted by molar-refractivity contribution is 6.06. The highest BCUT2D eigenvalue weighted by atomic mass is 16.5. The Labute approximate surface area is 146 Å². The normalized spacial score (nSPS) is 19.8. The van der Waals surface area contributed by atoms with Crippen molar-refractivity contribution in [2.45, 2.75) is 12.5 Å². The molecule has 3 aromatic rings. The van der Waals surface area contributed by atoms with Crippen LogP contribution in [0.4, 0.5) is 0 Å². The minimum absolute atomic E-state index is 0.00703. The summed E-state index contributed by atoms with van der Waals surface area (Å²) in [5.74, 6) is 0.188. The number of aromatic nitrogens is 2. The number of amides is 1. The summed E-state index contributed by atoms with van der Waals surface area (Å²) in [6, 6.07) is 13.4. The third-order valence-corrected chi connectivity index (χ3v) is 4.65. The van der Waals surface area contributed by atoms with Gasteiger partial charge in [-0.1, -0.05) is 12.1 Å². The van der Waals surface area contributed by atoms with Crippen molar-refractivity contribution >= 4 is 16.8 Å². The monoisotopic (exact) mass is 333 g/mol. The molecule has 2 aromatic heterocycles. The van der Waals surface area contributed by atoms with Gasteiger partial charge in [-0.2, -0.15) is 0 Å². The lowest BCUT2D eigenvalue weighted by Gasteiger charge is -2.19. The lowest BCUT2D eigenvalue weighted by atomic mass is 9.95. The lowest BCUT2D eigenvalue weighted by Crippen LogP contribution is -2.40. The van der Waals surface area contributed by atoms with E-state index in [2.05, 4.69) is 15.3 Å². The summed E-state index contributed by atoms with van der Waals surface area (Å²) in [6.45, 7) is 1.20. The van der Waals surface area contributed by atoms with Gasteiger partial charge in [0.05, 0.1) is 24.8 Å². The van der Waals surface area contributed by atoms with E-state index >= 15 is 0 Å². The average molecular weight is 333 g/mol. The first-order chi connectivity index (χ1) is 12.3. The van der Waals surface area contributed by atoms with Gasteiger partial charge in [-0.05, 0) is 42.3 Å². The number of hydrogen-bond donors (Lipinski definition) is 1. The predicted octanol–water partition coefficient (Wildman–Crippen LogP) is 2.62. The van der Waals surface area contributed by atoms with Gasteiger partial charge in [-0.15, -0.1) is 0 Å². The Bertz CT molecular complexity index is 877. The van der Waals surface area contributed by atoms with E-state index in [1.54, 1.807) is 18.6 Å². The van der Waals surface area contributed by atoms with Crippen LogP contribution < -0.4 is 5.32 Å². The quantitative estimate of drug-likeness (QED) is 0.797. The minimum Gasteiger partial charge on any atom is -0.379 e. The van der Waals surface area contributed by atoms with Gasteiger partial charge in [0.1, 0.15) is 0 Å². The van der Waals surface area contributed by atoms with Gasteiger partial charge >= 0.3 is 0 Å². The van der Waals surface area contributed by atoms with Crippen LogP contribution in [-0.4, -0.2) is 35.1 Å². The molecule has 1 N–H and O–H groups in total. The summed E-state index contributed by atoms with van der Waals surface area (Å²) in [7, 11) is 0. The molecule has 0 spiro atoms. The summed E-state index contributed by atoms with van der Waals surface area (Å²) in [6.07, 6.45) is 6.19. The second-order valence-corrected chi connectivity index (χ2v) is 6.31. The first-order valence-electron chi connectivity index (χ1n) is 8.42. The number of pyridine rings is 2. The highest BCUT2D eigenvalue weighted by Gasteiger charge is 2.30. The SMILES string of the molecule is O=C(N[C@H]1COC[C@H]1Cc1ccncc1)c1cccc2ncccc12. The molecule has 0 unspecified atom stereocenters. The van der Waals surface area contributed by atoms with Crippen LogP contribution in [0.2, 0.25) is 0 Å². The Morgan fingerprint density at radius 2 is 1.96 bits per heavy atom. The first kappa shape index (κ1) is 15.7. The van der Waals surface area contributed by atoms with Crippen molar-refractivity contribution < 1.29 is 9.53 Å². The van der Waals surface area contributed by atoms with Gasteiger partial charge in [0, 0.05) is 35.5 Å². The maximum Gasteiger partial charge on any atom is 0.252 e. The van der Waals surface area contributed by atoms with Crippen LogP contribution in [0.5, 0.6) is 0 Å². The Balaban J connectivity index is 1.51. The second-order valence-electron chi connectivity index (χ2n) is 6.31. The van der Waals surface area contributed by atoms with Crippen molar-refractivity contribution in [3.05, 3.63) is 72.2 Å². The summed E-state index contributed by atoms with van der Waals surface area (Å²) in [4.78, 5) is 21.2. The Hall–Kier alpha value is -2.79. The van der Waals surface area contributed by atoms with Gasteiger partial charge in [0.15, 0.2) is 0 Å². The lowest BCUT2D eigenvalue weighted by molar-refractivity contribution is 0.0926. The van der Waals surface area contributed by atoms with Gasteiger partial charge < -0.3 is 10.1 Å². The van der Waals surface area contributed by atoms with Gasteiger partial charge in [0.2, 0.25) is 0 Å². The molecule has 0 bridgehead atoms. The molecule has 1 aliphatic rings. The Morgan fingerprint density at radius 3 is 2.84 bits per heavy atom. The molecule has 0 radical (unpaired) electrons. The molecule has 5 nitrogen and oxygen atoms in total. The molecule has 1 saturated heterocycles. The van der Waals surface area contributed by atoms with Gasteiger partial charge in [-0.25, -0.2) is 0 Å². The number of ether oxygens (including phenoxy) is 1. The van der Waals surface area contributed by atoms with E-state index in [0.717, 1.165) is 17.3 Å². The zero-order valence-electron chi connectivity index (χ0n) is 13.8. The van der Waals surface area contributed by atoms with Crippen LogP contribution in [0.1, 0.15) is 15.9 Å².